The quantitative estimate of drug-likeness (QED) is 0.244. The Bertz CT molecular complexity index is 1020. The third-order valence-corrected chi connectivity index (χ3v) is 7.90. The van der Waals surface area contributed by atoms with Crippen LogP contribution in [-0.2, 0) is 32.4 Å². The topological polar surface area (TPSA) is 135 Å². The van der Waals surface area contributed by atoms with Crippen molar-refractivity contribution in [2.45, 2.75) is 81.3 Å². The molecule has 0 spiro atoms. The molecule has 3 fully saturated rings. The number of halogens is 1. The number of esters is 1. The number of rotatable bonds is 8. The van der Waals surface area contributed by atoms with Gasteiger partial charge in [-0.05, 0) is 45.4 Å². The van der Waals surface area contributed by atoms with Crippen molar-refractivity contribution in [2.24, 2.45) is 0 Å². The van der Waals surface area contributed by atoms with Crippen LogP contribution in [0.15, 0.2) is 21.9 Å². The summed E-state index contributed by atoms with van der Waals surface area (Å²) in [6.45, 7) is 1.55. The van der Waals surface area contributed by atoms with E-state index < -0.39 is 42.4 Å². The first-order valence-corrected chi connectivity index (χ1v) is 12.9. The predicted octanol–water partition coefficient (Wildman–Crippen LogP) is 2.63. The van der Waals surface area contributed by atoms with Gasteiger partial charge in [0.2, 0.25) is 0 Å². The fraction of sp³-hybridized carbons (Fsp3) is 0.750. The lowest BCUT2D eigenvalue weighted by atomic mass is 10.0. The number of hydrogen-bond acceptors (Lipinski definition) is 9. The maximum atomic E-state index is 13.0. The molecule has 3 aliphatic rings. The Hall–Kier alpha value is -1.49. The maximum Gasteiger partial charge on any atom is 0.475 e. The van der Waals surface area contributed by atoms with Gasteiger partial charge in [0, 0.05) is 18.7 Å². The zero-order valence-electron chi connectivity index (χ0n) is 18.3. The second kappa shape index (κ2) is 10.0. The minimum Gasteiger partial charge on any atom is -0.462 e. The number of phosphoric acid groups is 1. The molecule has 1 aliphatic carbocycles. The molecule has 184 valence electrons. The van der Waals surface area contributed by atoms with Gasteiger partial charge >= 0.3 is 19.5 Å². The molecule has 1 aromatic rings. The van der Waals surface area contributed by atoms with Crippen molar-refractivity contribution in [2.75, 3.05) is 13.2 Å². The minimum absolute atomic E-state index is 0.0379. The number of carbonyl (C=O) groups is 1. The molecule has 1 N–H and O–H groups in total. The highest BCUT2D eigenvalue weighted by Gasteiger charge is 2.60. The van der Waals surface area contributed by atoms with E-state index in [2.05, 4.69) is 4.98 Å². The number of unbranched alkanes of at least 4 members (excludes halogenated alkanes) is 1. The zero-order valence-corrected chi connectivity index (χ0v) is 19.9. The van der Waals surface area contributed by atoms with Gasteiger partial charge in [0.1, 0.15) is 23.2 Å². The molecular formula is C20H28ClN2O9P. The lowest BCUT2D eigenvalue weighted by Crippen LogP contribution is -2.45. The normalized spacial score (nSPS) is 34.3. The summed E-state index contributed by atoms with van der Waals surface area (Å²) in [5.41, 5.74) is -1.24. The summed E-state index contributed by atoms with van der Waals surface area (Å²) in [4.78, 5) is 36.3. The third kappa shape index (κ3) is 5.61. The Morgan fingerprint density at radius 3 is 2.82 bits per heavy atom. The van der Waals surface area contributed by atoms with Crippen molar-refractivity contribution < 1.29 is 32.4 Å². The molecule has 0 aromatic carbocycles. The van der Waals surface area contributed by atoms with Gasteiger partial charge in [-0.15, -0.1) is 11.6 Å². The van der Waals surface area contributed by atoms with Gasteiger partial charge in [0.25, 0.3) is 5.56 Å². The van der Waals surface area contributed by atoms with Gasteiger partial charge < -0.3 is 9.47 Å². The summed E-state index contributed by atoms with van der Waals surface area (Å²) in [6.07, 6.45) is 4.05. The van der Waals surface area contributed by atoms with Crippen LogP contribution in [0, 0.1) is 0 Å². The van der Waals surface area contributed by atoms with E-state index in [1.807, 2.05) is 0 Å². The first kappa shape index (κ1) is 24.6. The number of nitrogens with one attached hydrogen (secondary N) is 1. The van der Waals surface area contributed by atoms with Gasteiger partial charge in [0.15, 0.2) is 6.23 Å². The average Bonchev–Trinajstić information content (AvgIpc) is 3.34. The Balaban J connectivity index is 1.28. The Labute approximate surface area is 195 Å². The number of fused-ring (bicyclic) bond motifs is 1. The third-order valence-electron chi connectivity index (χ3n) is 6.05. The molecule has 3 heterocycles. The summed E-state index contributed by atoms with van der Waals surface area (Å²) >= 11 is 6.68. The fourth-order valence-electron chi connectivity index (χ4n) is 4.32. The lowest BCUT2D eigenvalue weighted by molar-refractivity contribution is -0.148. The van der Waals surface area contributed by atoms with Crippen LogP contribution >= 0.6 is 19.4 Å². The van der Waals surface area contributed by atoms with Crippen LogP contribution in [0.5, 0.6) is 0 Å². The highest BCUT2D eigenvalue weighted by molar-refractivity contribution is 7.48. The number of aromatic nitrogens is 2. The second-order valence-electron chi connectivity index (χ2n) is 8.65. The van der Waals surface area contributed by atoms with E-state index in [-0.39, 0.29) is 31.7 Å². The van der Waals surface area contributed by atoms with Crippen LogP contribution in [-0.4, -0.2) is 51.9 Å². The Morgan fingerprint density at radius 1 is 1.33 bits per heavy atom. The number of hydrogen-bond donors (Lipinski definition) is 1. The van der Waals surface area contributed by atoms with Crippen LogP contribution in [0.1, 0.15) is 58.1 Å². The zero-order chi connectivity index (χ0) is 23.6. The molecule has 1 aromatic heterocycles. The van der Waals surface area contributed by atoms with E-state index >= 15 is 0 Å². The van der Waals surface area contributed by atoms with E-state index in [4.69, 9.17) is 34.6 Å². The van der Waals surface area contributed by atoms with Crippen LogP contribution < -0.4 is 11.2 Å². The highest BCUT2D eigenvalue weighted by Crippen LogP contribution is 2.60. The van der Waals surface area contributed by atoms with Gasteiger partial charge in [-0.1, -0.05) is 0 Å². The van der Waals surface area contributed by atoms with Crippen molar-refractivity contribution in [3.05, 3.63) is 33.1 Å². The molecule has 11 nitrogen and oxygen atoms in total. The van der Waals surface area contributed by atoms with E-state index in [1.54, 1.807) is 6.92 Å². The average molecular weight is 507 g/mol. The van der Waals surface area contributed by atoms with Crippen LogP contribution in [0.25, 0.3) is 0 Å². The largest absolute Gasteiger partial charge is 0.475 e. The van der Waals surface area contributed by atoms with Crippen molar-refractivity contribution in [3.8, 4) is 0 Å². The maximum absolute atomic E-state index is 13.0. The van der Waals surface area contributed by atoms with E-state index in [1.165, 1.54) is 12.3 Å². The molecule has 0 bridgehead atoms. The molecule has 2 saturated heterocycles. The first-order valence-electron chi connectivity index (χ1n) is 11.1. The van der Waals surface area contributed by atoms with Gasteiger partial charge in [-0.2, -0.15) is 0 Å². The standard InChI is InChI=1S/C20H28ClN2O9P/c1-20(21)17-14(31-18(20)23-10-9-15(24)22-19(23)26)12-29-33(27,32-17)28-11-5-4-8-16(25)30-13-6-2-3-7-13/h9-10,13-14,17-18H,2-8,11-12H2,1H3,(H,22,24,26)/t14-,17-,18-,20-,33-/m1/s1. The molecule has 13 heteroatoms. The first-order chi connectivity index (χ1) is 15.7. The van der Waals surface area contributed by atoms with Crippen molar-refractivity contribution >= 4 is 25.4 Å². The van der Waals surface area contributed by atoms with Crippen molar-refractivity contribution in [1.82, 2.24) is 9.55 Å². The lowest BCUT2D eigenvalue weighted by Gasteiger charge is -2.34. The summed E-state index contributed by atoms with van der Waals surface area (Å²) in [7, 11) is -3.91. The van der Waals surface area contributed by atoms with Crippen molar-refractivity contribution in [3.63, 3.8) is 0 Å². The summed E-state index contributed by atoms with van der Waals surface area (Å²) in [6, 6.07) is 1.18. The fourth-order valence-corrected chi connectivity index (χ4v) is 6.24. The molecule has 5 atom stereocenters. The molecule has 33 heavy (non-hydrogen) atoms. The van der Waals surface area contributed by atoms with Crippen LogP contribution in [0.2, 0.25) is 0 Å². The van der Waals surface area contributed by atoms with Gasteiger partial charge in [-0.3, -0.25) is 32.7 Å². The highest BCUT2D eigenvalue weighted by atomic mass is 35.5. The summed E-state index contributed by atoms with van der Waals surface area (Å²) in [5.74, 6) is -0.230. The molecule has 0 radical (unpaired) electrons. The number of H-pyrrole nitrogens is 1. The SMILES string of the molecule is C[C@@]1(Cl)[C@@H]2O[P@](=O)(OCCCCC(=O)OC3CCCC3)OC[C@H]2O[C@H]1n1ccc(=O)[nH]c1=O. The van der Waals surface area contributed by atoms with Gasteiger partial charge in [-0.25, -0.2) is 9.36 Å². The molecule has 1 saturated carbocycles. The molecule has 4 rings (SSSR count). The summed E-state index contributed by atoms with van der Waals surface area (Å²) < 4.78 is 41.7. The Kier molecular flexibility index (Phi) is 7.47. The molecular weight excluding hydrogens is 479 g/mol. The predicted molar refractivity (Wildman–Crippen MR) is 116 cm³/mol. The van der Waals surface area contributed by atoms with E-state index in [0.717, 1.165) is 30.3 Å². The van der Waals surface area contributed by atoms with Crippen molar-refractivity contribution in [1.29, 1.82) is 0 Å². The smallest absolute Gasteiger partial charge is 0.462 e. The molecule has 0 amide bonds. The number of alkyl halides is 1. The molecule has 0 unspecified atom stereocenters. The van der Waals surface area contributed by atoms with Crippen LogP contribution in [0.3, 0.4) is 0 Å². The molecule has 2 aliphatic heterocycles. The monoisotopic (exact) mass is 506 g/mol. The number of aromatic amines is 1. The number of carbonyl (C=O) groups excluding carboxylic acids is 1. The number of nitrogens with zero attached hydrogens (tertiary/aromatic N) is 1. The number of ether oxygens (including phenoxy) is 2. The second-order valence-corrected chi connectivity index (χ2v) is 11.1. The minimum atomic E-state index is -3.91. The van der Waals surface area contributed by atoms with E-state index in [9.17, 15) is 18.9 Å². The summed E-state index contributed by atoms with van der Waals surface area (Å²) in [5, 5.41) is 0. The van der Waals surface area contributed by atoms with Gasteiger partial charge in [0.05, 0.1) is 13.2 Å². The van der Waals surface area contributed by atoms with Crippen LogP contribution in [0.4, 0.5) is 0 Å². The number of phosphoric ester groups is 1. The van der Waals surface area contributed by atoms with E-state index in [0.29, 0.717) is 12.8 Å². The Morgan fingerprint density at radius 2 is 2.09 bits per heavy atom.